The Hall–Kier alpha value is -8.08. The van der Waals surface area contributed by atoms with Crippen LogP contribution in [-0.4, -0.2) is 0 Å². The van der Waals surface area contributed by atoms with E-state index in [-0.39, 0.29) is 11.6 Å². The van der Waals surface area contributed by atoms with E-state index in [4.69, 9.17) is 0 Å². The molecule has 0 N–H and O–H groups in total. The van der Waals surface area contributed by atoms with Gasteiger partial charge in [-0.15, -0.1) is 0 Å². The van der Waals surface area contributed by atoms with Gasteiger partial charge >= 0.3 is 0 Å². The minimum absolute atomic E-state index is 0.300. The van der Waals surface area contributed by atoms with Crippen molar-refractivity contribution < 1.29 is 8.78 Å². The Balaban J connectivity index is 1.14. The molecule has 0 unspecified atom stereocenters. The van der Waals surface area contributed by atoms with Crippen LogP contribution < -0.4 is 9.80 Å². The zero-order valence-electron chi connectivity index (χ0n) is 38.4. The van der Waals surface area contributed by atoms with Crippen molar-refractivity contribution in [3.8, 4) is 44.5 Å². The highest BCUT2D eigenvalue weighted by Gasteiger charge is 2.43. The smallest absolute Gasteiger partial charge is 0.131 e. The second kappa shape index (κ2) is 15.8. The lowest BCUT2D eigenvalue weighted by atomic mass is 9.76. The van der Waals surface area contributed by atoms with Crippen molar-refractivity contribution in [2.24, 2.45) is 0 Å². The summed E-state index contributed by atoms with van der Waals surface area (Å²) in [5, 5.41) is 1.79. The molecule has 0 amide bonds. The molecule has 328 valence electrons. The van der Waals surface area contributed by atoms with Gasteiger partial charge in [0.15, 0.2) is 0 Å². The van der Waals surface area contributed by atoms with Crippen molar-refractivity contribution in [2.45, 2.75) is 38.5 Å². The van der Waals surface area contributed by atoms with Gasteiger partial charge in [0.2, 0.25) is 0 Å². The number of hydrogen-bond acceptors (Lipinski definition) is 2. The summed E-state index contributed by atoms with van der Waals surface area (Å²) < 4.78 is 33.7. The van der Waals surface area contributed by atoms with Crippen LogP contribution >= 0.6 is 0 Å². The van der Waals surface area contributed by atoms with Crippen LogP contribution in [0.5, 0.6) is 0 Å². The standard InChI is InChI=1S/C64H48F2N2/c1-63(2)53-37-45(67(41-21-9-5-10-22-41)42-23-11-6-12-24-42)33-35-47(53)61-55(63)39-51-52(59(61)49-29-17-19-31-57(49)65)40-56-62(60(51)50-30-18-20-32-58(50)66)48-36-34-46(38-54(48)64(56,3)4)68(43-25-13-7-14-26-43)44-27-15-8-16-28-44/h5-40H,1-4H3. The molecule has 0 saturated heterocycles. The third kappa shape index (κ3) is 6.35. The maximum absolute atomic E-state index is 16.8. The van der Waals surface area contributed by atoms with Crippen LogP contribution in [0.3, 0.4) is 0 Å². The van der Waals surface area contributed by atoms with Gasteiger partial charge in [-0.05, 0) is 152 Å². The van der Waals surface area contributed by atoms with Crippen molar-refractivity contribution in [2.75, 3.05) is 9.80 Å². The van der Waals surface area contributed by atoms with E-state index in [1.807, 2.05) is 48.5 Å². The molecule has 0 aromatic heterocycles. The Morgan fingerprint density at radius 2 is 0.588 bits per heavy atom. The lowest BCUT2D eigenvalue weighted by molar-refractivity contribution is 0.630. The molecule has 68 heavy (non-hydrogen) atoms. The third-order valence-corrected chi connectivity index (χ3v) is 14.5. The number of hydrogen-bond donors (Lipinski definition) is 0. The molecule has 4 heteroatoms. The van der Waals surface area contributed by atoms with E-state index in [1.165, 1.54) is 0 Å². The summed E-state index contributed by atoms with van der Waals surface area (Å²) in [5.74, 6) is -0.599. The number of fused-ring (bicyclic) bond motifs is 7. The first-order valence-electron chi connectivity index (χ1n) is 23.4. The molecule has 10 aromatic rings. The van der Waals surface area contributed by atoms with Gasteiger partial charge in [0.05, 0.1) is 0 Å². The predicted molar refractivity (Wildman–Crippen MR) is 279 cm³/mol. The average molecular weight is 883 g/mol. The van der Waals surface area contributed by atoms with E-state index in [9.17, 15) is 0 Å². The highest BCUT2D eigenvalue weighted by molar-refractivity contribution is 6.17. The van der Waals surface area contributed by atoms with E-state index >= 15 is 8.78 Å². The van der Waals surface area contributed by atoms with Gasteiger partial charge in [0.25, 0.3) is 0 Å². The average Bonchev–Trinajstić information content (AvgIpc) is 3.73. The van der Waals surface area contributed by atoms with E-state index in [1.54, 1.807) is 24.3 Å². The molecule has 0 atom stereocenters. The van der Waals surface area contributed by atoms with Crippen LogP contribution in [0.25, 0.3) is 55.3 Å². The first kappa shape index (κ1) is 41.4. The van der Waals surface area contributed by atoms with Crippen LogP contribution in [-0.2, 0) is 10.8 Å². The van der Waals surface area contributed by atoms with Gasteiger partial charge in [-0.2, -0.15) is 0 Å². The van der Waals surface area contributed by atoms with Gasteiger partial charge in [0.1, 0.15) is 11.6 Å². The quantitative estimate of drug-likeness (QED) is 0.150. The lowest BCUT2D eigenvalue weighted by Crippen LogP contribution is -2.17. The molecule has 2 nitrogen and oxygen atoms in total. The largest absolute Gasteiger partial charge is 0.310 e. The molecule has 0 radical (unpaired) electrons. The monoisotopic (exact) mass is 882 g/mol. The predicted octanol–water partition coefficient (Wildman–Crippen LogP) is 18.0. The lowest BCUT2D eigenvalue weighted by Gasteiger charge is -2.28. The molecule has 0 bridgehead atoms. The van der Waals surface area contributed by atoms with Gasteiger partial charge in [-0.1, -0.05) is 149 Å². The Morgan fingerprint density at radius 3 is 0.912 bits per heavy atom. The Kier molecular flexibility index (Phi) is 9.60. The maximum Gasteiger partial charge on any atom is 0.131 e. The number of halogens is 2. The molecule has 10 aromatic carbocycles. The van der Waals surface area contributed by atoms with Crippen LogP contribution in [0.15, 0.2) is 218 Å². The maximum atomic E-state index is 16.8. The molecule has 0 heterocycles. The van der Waals surface area contributed by atoms with Gasteiger partial charge in [0, 0.05) is 67.2 Å². The van der Waals surface area contributed by atoms with E-state index in [0.717, 1.165) is 101 Å². The topological polar surface area (TPSA) is 6.48 Å². The molecule has 0 fully saturated rings. The highest BCUT2D eigenvalue weighted by Crippen LogP contribution is 2.61. The summed E-state index contributed by atoms with van der Waals surface area (Å²) in [7, 11) is 0. The molecule has 0 aliphatic heterocycles. The second-order valence-electron chi connectivity index (χ2n) is 19.1. The molecule has 2 aliphatic carbocycles. The zero-order chi connectivity index (χ0) is 46.3. The van der Waals surface area contributed by atoms with E-state index < -0.39 is 10.8 Å². The number of rotatable bonds is 8. The summed E-state index contributed by atoms with van der Waals surface area (Å²) in [5.41, 5.74) is 16.5. The number of nitrogens with zero attached hydrogens (tertiary/aromatic N) is 2. The minimum atomic E-state index is -0.524. The molecule has 0 spiro atoms. The number of benzene rings is 10. The zero-order valence-corrected chi connectivity index (χ0v) is 38.4. The van der Waals surface area contributed by atoms with Crippen molar-refractivity contribution in [3.05, 3.63) is 252 Å². The van der Waals surface area contributed by atoms with Crippen molar-refractivity contribution in [1.82, 2.24) is 0 Å². The molecule has 12 rings (SSSR count). The fourth-order valence-corrected chi connectivity index (χ4v) is 11.3. The first-order valence-corrected chi connectivity index (χ1v) is 23.4. The first-order chi connectivity index (χ1) is 33.1. The van der Waals surface area contributed by atoms with Crippen LogP contribution in [0.4, 0.5) is 42.9 Å². The molecular weight excluding hydrogens is 835 g/mol. The third-order valence-electron chi connectivity index (χ3n) is 14.5. The van der Waals surface area contributed by atoms with Crippen molar-refractivity contribution in [1.29, 1.82) is 0 Å². The summed E-state index contributed by atoms with van der Waals surface area (Å²) in [6.07, 6.45) is 0. The fraction of sp³-hybridized carbons (Fsp3) is 0.0938. The Labute approximate surface area is 397 Å². The van der Waals surface area contributed by atoms with Crippen LogP contribution in [0, 0.1) is 11.6 Å². The molecule has 0 saturated carbocycles. The van der Waals surface area contributed by atoms with Gasteiger partial charge in [-0.25, -0.2) is 8.78 Å². The molecular formula is C64H48F2N2. The van der Waals surface area contributed by atoms with Crippen LogP contribution in [0.2, 0.25) is 0 Å². The highest BCUT2D eigenvalue weighted by atomic mass is 19.1. The summed E-state index contributed by atoms with van der Waals surface area (Å²) in [4.78, 5) is 4.58. The Bertz CT molecular complexity index is 3260. The number of anilines is 6. The summed E-state index contributed by atoms with van der Waals surface area (Å²) in [6.45, 7) is 9.09. The second-order valence-corrected chi connectivity index (χ2v) is 19.1. The van der Waals surface area contributed by atoms with Gasteiger partial charge in [-0.3, -0.25) is 0 Å². The number of para-hydroxylation sites is 4. The van der Waals surface area contributed by atoms with Crippen molar-refractivity contribution in [3.63, 3.8) is 0 Å². The van der Waals surface area contributed by atoms with E-state index in [2.05, 4.69) is 183 Å². The molecule has 2 aliphatic rings. The minimum Gasteiger partial charge on any atom is -0.310 e. The summed E-state index contributed by atoms with van der Waals surface area (Å²) >= 11 is 0. The van der Waals surface area contributed by atoms with Crippen LogP contribution in [0.1, 0.15) is 49.9 Å². The normalized spacial score (nSPS) is 13.7. The Morgan fingerprint density at radius 1 is 0.279 bits per heavy atom. The summed E-state index contributed by atoms with van der Waals surface area (Å²) in [6, 6.07) is 74.1. The fourth-order valence-electron chi connectivity index (χ4n) is 11.3. The van der Waals surface area contributed by atoms with E-state index in [0.29, 0.717) is 11.1 Å². The SMILES string of the molecule is CC1(C)c2cc(N(c3ccccc3)c3ccccc3)ccc2-c2c1cc1c(-c3ccccc3F)c3c(cc1c2-c1ccccc1F)C(C)(C)c1cc(N(c2ccccc2)c2ccccc2)ccc1-3. The van der Waals surface area contributed by atoms with Crippen molar-refractivity contribution >= 4 is 44.9 Å². The van der Waals surface area contributed by atoms with Gasteiger partial charge < -0.3 is 9.80 Å².